The molecule has 3 heteroatoms. The zero-order valence-corrected chi connectivity index (χ0v) is 12.4. The van der Waals surface area contributed by atoms with E-state index < -0.39 is 0 Å². The molecule has 0 amide bonds. The van der Waals surface area contributed by atoms with E-state index in [1.54, 1.807) is 0 Å². The lowest BCUT2D eigenvalue weighted by molar-refractivity contribution is 0.570. The van der Waals surface area contributed by atoms with Crippen molar-refractivity contribution in [3.05, 3.63) is 53.2 Å². The maximum Gasteiger partial charge on any atom is 0.101 e. The average Bonchev–Trinajstić information content (AvgIpc) is 2.76. The highest BCUT2D eigenvalue weighted by atomic mass is 79.9. The van der Waals surface area contributed by atoms with Gasteiger partial charge in [-0.05, 0) is 37.6 Å². The summed E-state index contributed by atoms with van der Waals surface area (Å²) < 4.78 is 3.08. The van der Waals surface area contributed by atoms with Crippen LogP contribution in [-0.4, -0.2) is 4.57 Å². The van der Waals surface area contributed by atoms with Crippen molar-refractivity contribution in [3.8, 4) is 6.07 Å². The normalized spacial score (nSPS) is 12.1. The maximum absolute atomic E-state index is 9.35. The standard InChI is InChI=1S/C16H15BrN2/c1-4-6-11(3)19-15(5-2)9-12-7-14(17)8-13(10-18)16(12)19/h4-5,7-9,11H,1-2,6H2,3H3/t11-/m1/s1. The molecule has 0 radical (unpaired) electrons. The summed E-state index contributed by atoms with van der Waals surface area (Å²) >= 11 is 3.45. The molecule has 2 rings (SSSR count). The van der Waals surface area contributed by atoms with Crippen LogP contribution in [0.5, 0.6) is 0 Å². The summed E-state index contributed by atoms with van der Waals surface area (Å²) in [6.45, 7) is 9.78. The lowest BCUT2D eigenvalue weighted by Crippen LogP contribution is -2.06. The first kappa shape index (κ1) is 13.6. The first-order valence-corrected chi connectivity index (χ1v) is 6.89. The molecule has 1 heterocycles. The number of fused-ring (bicyclic) bond motifs is 1. The third-order valence-electron chi connectivity index (χ3n) is 3.20. The van der Waals surface area contributed by atoms with Crippen molar-refractivity contribution in [1.82, 2.24) is 4.57 Å². The van der Waals surface area contributed by atoms with Crippen LogP contribution in [0.1, 0.15) is 30.6 Å². The zero-order valence-electron chi connectivity index (χ0n) is 10.9. The van der Waals surface area contributed by atoms with Gasteiger partial charge in [0.2, 0.25) is 0 Å². The number of hydrogen-bond donors (Lipinski definition) is 0. The molecule has 0 aliphatic rings. The molecular formula is C16H15BrN2. The molecule has 0 aliphatic carbocycles. The highest BCUT2D eigenvalue weighted by Gasteiger charge is 2.15. The number of aromatic nitrogens is 1. The lowest BCUT2D eigenvalue weighted by atomic mass is 10.1. The van der Waals surface area contributed by atoms with E-state index in [9.17, 15) is 5.26 Å². The van der Waals surface area contributed by atoms with Gasteiger partial charge < -0.3 is 4.57 Å². The zero-order chi connectivity index (χ0) is 14.0. The summed E-state index contributed by atoms with van der Waals surface area (Å²) in [4.78, 5) is 0. The van der Waals surface area contributed by atoms with Crippen LogP contribution in [0.4, 0.5) is 0 Å². The van der Waals surface area contributed by atoms with Crippen molar-refractivity contribution in [1.29, 1.82) is 5.26 Å². The third-order valence-corrected chi connectivity index (χ3v) is 3.66. The topological polar surface area (TPSA) is 28.7 Å². The van der Waals surface area contributed by atoms with E-state index in [0.29, 0.717) is 5.56 Å². The van der Waals surface area contributed by atoms with Crippen LogP contribution in [-0.2, 0) is 0 Å². The number of hydrogen-bond acceptors (Lipinski definition) is 1. The van der Waals surface area contributed by atoms with Crippen LogP contribution in [0.2, 0.25) is 0 Å². The number of allylic oxidation sites excluding steroid dienone is 1. The molecule has 1 aromatic heterocycles. The Morgan fingerprint density at radius 2 is 2.16 bits per heavy atom. The second-order valence-corrected chi connectivity index (χ2v) is 5.44. The first-order chi connectivity index (χ1) is 9.12. The van der Waals surface area contributed by atoms with Gasteiger partial charge in [-0.15, -0.1) is 6.58 Å². The molecule has 96 valence electrons. The first-order valence-electron chi connectivity index (χ1n) is 6.10. The van der Waals surface area contributed by atoms with Crippen molar-refractivity contribution in [2.75, 3.05) is 0 Å². The van der Waals surface area contributed by atoms with Crippen LogP contribution in [0.3, 0.4) is 0 Å². The van der Waals surface area contributed by atoms with Crippen LogP contribution < -0.4 is 0 Å². The van der Waals surface area contributed by atoms with Crippen molar-refractivity contribution in [2.24, 2.45) is 0 Å². The van der Waals surface area contributed by atoms with E-state index in [2.05, 4.69) is 52.7 Å². The average molecular weight is 315 g/mol. The number of nitrogens with zero attached hydrogens (tertiary/aromatic N) is 2. The molecule has 1 aromatic carbocycles. The second-order valence-electron chi connectivity index (χ2n) is 4.52. The number of nitriles is 1. The highest BCUT2D eigenvalue weighted by Crippen LogP contribution is 2.31. The van der Waals surface area contributed by atoms with Crippen molar-refractivity contribution in [3.63, 3.8) is 0 Å². The molecule has 0 fully saturated rings. The van der Waals surface area contributed by atoms with Crippen LogP contribution >= 0.6 is 15.9 Å². The maximum atomic E-state index is 9.35. The summed E-state index contributed by atoms with van der Waals surface area (Å²) in [5.74, 6) is 0. The van der Waals surface area contributed by atoms with Gasteiger partial charge in [0.15, 0.2) is 0 Å². The molecule has 0 bridgehead atoms. The van der Waals surface area contributed by atoms with Crippen LogP contribution in [0.25, 0.3) is 17.0 Å². The Morgan fingerprint density at radius 1 is 1.42 bits per heavy atom. The molecule has 0 aliphatic heterocycles. The van der Waals surface area contributed by atoms with E-state index >= 15 is 0 Å². The largest absolute Gasteiger partial charge is 0.337 e. The smallest absolute Gasteiger partial charge is 0.101 e. The van der Waals surface area contributed by atoms with Crippen molar-refractivity contribution in [2.45, 2.75) is 19.4 Å². The second kappa shape index (κ2) is 5.46. The fraction of sp³-hybridized carbons (Fsp3) is 0.188. The molecule has 2 aromatic rings. The van der Waals surface area contributed by atoms with Gasteiger partial charge in [0.1, 0.15) is 6.07 Å². The van der Waals surface area contributed by atoms with Gasteiger partial charge in [-0.3, -0.25) is 0 Å². The van der Waals surface area contributed by atoms with Gasteiger partial charge >= 0.3 is 0 Å². The predicted octanol–water partition coefficient (Wildman–Crippen LogP) is 5.06. The van der Waals surface area contributed by atoms with E-state index in [1.165, 1.54) is 0 Å². The van der Waals surface area contributed by atoms with E-state index in [4.69, 9.17) is 0 Å². The molecule has 1 atom stereocenters. The quantitative estimate of drug-likeness (QED) is 0.725. The minimum Gasteiger partial charge on any atom is -0.337 e. The van der Waals surface area contributed by atoms with Gasteiger partial charge in [0.05, 0.1) is 11.1 Å². The minimum atomic E-state index is 0.247. The SMILES string of the molecule is C=CC[C@@H](C)n1c(C=C)cc2cc(Br)cc(C#N)c21. The number of benzene rings is 1. The fourth-order valence-electron chi connectivity index (χ4n) is 2.42. The van der Waals surface area contributed by atoms with E-state index in [1.807, 2.05) is 24.3 Å². The minimum absolute atomic E-state index is 0.247. The predicted molar refractivity (Wildman–Crippen MR) is 84.0 cm³/mol. The van der Waals surface area contributed by atoms with Gasteiger partial charge in [0, 0.05) is 21.6 Å². The summed E-state index contributed by atoms with van der Waals surface area (Å²) in [7, 11) is 0. The molecule has 0 spiro atoms. The van der Waals surface area contributed by atoms with Crippen LogP contribution in [0.15, 0.2) is 41.9 Å². The molecule has 0 saturated heterocycles. The Morgan fingerprint density at radius 3 is 2.74 bits per heavy atom. The van der Waals surface area contributed by atoms with Crippen LogP contribution in [0, 0.1) is 11.3 Å². The number of rotatable bonds is 4. The van der Waals surface area contributed by atoms with Gasteiger partial charge in [0.25, 0.3) is 0 Å². The number of halogens is 1. The van der Waals surface area contributed by atoms with Gasteiger partial charge in [-0.1, -0.05) is 28.6 Å². The van der Waals surface area contributed by atoms with Crippen molar-refractivity contribution >= 4 is 32.9 Å². The van der Waals surface area contributed by atoms with E-state index in [0.717, 1.165) is 27.5 Å². The lowest BCUT2D eigenvalue weighted by Gasteiger charge is -2.16. The highest BCUT2D eigenvalue weighted by molar-refractivity contribution is 9.10. The van der Waals surface area contributed by atoms with Gasteiger partial charge in [-0.25, -0.2) is 0 Å². The summed E-state index contributed by atoms with van der Waals surface area (Å²) in [6, 6.07) is 8.47. The Hall–Kier alpha value is -1.79. The molecule has 0 N–H and O–H groups in total. The monoisotopic (exact) mass is 314 g/mol. The van der Waals surface area contributed by atoms with Crippen molar-refractivity contribution < 1.29 is 0 Å². The van der Waals surface area contributed by atoms with E-state index in [-0.39, 0.29) is 6.04 Å². The fourth-order valence-corrected chi connectivity index (χ4v) is 2.90. The Balaban J connectivity index is 2.83. The third kappa shape index (κ3) is 2.36. The molecule has 2 nitrogen and oxygen atoms in total. The summed E-state index contributed by atoms with van der Waals surface area (Å²) in [6.07, 6.45) is 4.58. The Kier molecular flexibility index (Phi) is 3.92. The Labute approximate surface area is 121 Å². The Bertz CT molecular complexity index is 689. The molecule has 0 saturated carbocycles. The summed E-state index contributed by atoms with van der Waals surface area (Å²) in [5.41, 5.74) is 2.67. The molecular weight excluding hydrogens is 300 g/mol. The molecule has 0 unspecified atom stereocenters. The summed E-state index contributed by atoms with van der Waals surface area (Å²) in [5, 5.41) is 10.4. The molecule has 19 heavy (non-hydrogen) atoms. The van der Waals surface area contributed by atoms with Gasteiger partial charge in [-0.2, -0.15) is 5.26 Å².